The number of nitrogens with zero attached hydrogens (tertiary/aromatic N) is 5. The van der Waals surface area contributed by atoms with Gasteiger partial charge in [-0.3, -0.25) is 29.4 Å². The second kappa shape index (κ2) is 9.62. The van der Waals surface area contributed by atoms with Gasteiger partial charge >= 0.3 is 0 Å². The van der Waals surface area contributed by atoms with Crippen molar-refractivity contribution in [3.05, 3.63) is 53.6 Å². The summed E-state index contributed by atoms with van der Waals surface area (Å²) >= 11 is 5.89. The van der Waals surface area contributed by atoms with Crippen LogP contribution in [0.4, 0.5) is 5.95 Å². The number of aromatic nitrogens is 5. The highest BCUT2D eigenvalue weighted by molar-refractivity contribution is 7.93. The Balaban J connectivity index is 1.72. The van der Waals surface area contributed by atoms with Gasteiger partial charge in [-0.05, 0) is 31.2 Å². The van der Waals surface area contributed by atoms with Gasteiger partial charge in [-0.25, -0.2) is 8.42 Å². The second-order valence-electron chi connectivity index (χ2n) is 7.81. The quantitative estimate of drug-likeness (QED) is 0.363. The van der Waals surface area contributed by atoms with Gasteiger partial charge in [0, 0.05) is 35.8 Å². The molecule has 0 spiro atoms. The van der Waals surface area contributed by atoms with Crippen LogP contribution in [-0.4, -0.2) is 62.3 Å². The number of hydrogen-bond acceptors (Lipinski definition) is 9. The average molecular weight is 507 g/mol. The van der Waals surface area contributed by atoms with Gasteiger partial charge in [0.05, 0.1) is 16.9 Å². The van der Waals surface area contributed by atoms with Crippen LogP contribution in [0.5, 0.6) is 0 Å². The molecule has 0 saturated carbocycles. The molecule has 0 bridgehead atoms. The van der Waals surface area contributed by atoms with E-state index in [1.807, 2.05) is 0 Å². The summed E-state index contributed by atoms with van der Waals surface area (Å²) in [6, 6.07) is 5.42. The number of carbonyl (C=O) groups excluding carboxylic acids is 1. The molecule has 180 valence electrons. The van der Waals surface area contributed by atoms with Crippen molar-refractivity contribution in [2.75, 3.05) is 11.4 Å². The maximum atomic E-state index is 13.3. The van der Waals surface area contributed by atoms with Gasteiger partial charge in [-0.1, -0.05) is 18.5 Å². The number of amides is 1. The molecule has 4 rings (SSSR count). The van der Waals surface area contributed by atoms with Crippen molar-refractivity contribution in [2.24, 2.45) is 0 Å². The minimum atomic E-state index is -4.03. The van der Waals surface area contributed by atoms with E-state index in [9.17, 15) is 18.3 Å². The fraction of sp³-hybridized carbons (Fsp3) is 0.350. The summed E-state index contributed by atoms with van der Waals surface area (Å²) in [5.74, 6) is -1.07. The van der Waals surface area contributed by atoms with Crippen LogP contribution >= 0.6 is 11.6 Å². The van der Waals surface area contributed by atoms with E-state index in [4.69, 9.17) is 11.6 Å². The number of anilines is 1. The number of nitrogens with one attached hydrogen (secondary N) is 3. The number of halogens is 1. The van der Waals surface area contributed by atoms with Crippen LogP contribution in [0, 0.1) is 0 Å². The Labute approximate surface area is 200 Å². The standard InChI is InChI=1S/C20H23ClN8O4S/c1-11(15-6-5-14(21)9-23-15)12(2)34(32,33)28-20-27-26-17(13-4-3-7-22-8-13)29(20)16-18(30)24-10-25-19(16)31/h3-9,11-12,16,18,24,30H,10H2,1-2H3,(H,25,31)(H,27,28)/t11-,12-,16?,18?/m0/s1. The van der Waals surface area contributed by atoms with Crippen LogP contribution in [0.3, 0.4) is 0 Å². The molecule has 14 heteroatoms. The summed E-state index contributed by atoms with van der Waals surface area (Å²) < 4.78 is 30.3. The fourth-order valence-corrected chi connectivity index (χ4v) is 4.93. The molecule has 12 nitrogen and oxygen atoms in total. The summed E-state index contributed by atoms with van der Waals surface area (Å²) in [7, 11) is -4.03. The van der Waals surface area contributed by atoms with E-state index >= 15 is 0 Å². The molecule has 34 heavy (non-hydrogen) atoms. The lowest BCUT2D eigenvalue weighted by molar-refractivity contribution is -0.131. The third kappa shape index (κ3) is 4.73. The topological polar surface area (TPSA) is 164 Å². The summed E-state index contributed by atoms with van der Waals surface area (Å²) in [6.45, 7) is 3.33. The lowest BCUT2D eigenvalue weighted by atomic mass is 10.0. The maximum Gasteiger partial charge on any atom is 0.248 e. The molecule has 0 aliphatic carbocycles. The highest BCUT2D eigenvalue weighted by Gasteiger charge is 2.38. The zero-order valence-corrected chi connectivity index (χ0v) is 19.8. The van der Waals surface area contributed by atoms with Gasteiger partial charge in [0.15, 0.2) is 11.9 Å². The van der Waals surface area contributed by atoms with Crippen LogP contribution in [0.25, 0.3) is 11.4 Å². The van der Waals surface area contributed by atoms with Crippen LogP contribution in [0.2, 0.25) is 5.02 Å². The number of hydrogen-bond donors (Lipinski definition) is 4. The Morgan fingerprint density at radius 3 is 2.68 bits per heavy atom. The van der Waals surface area contributed by atoms with Crippen molar-refractivity contribution in [1.29, 1.82) is 0 Å². The minimum absolute atomic E-state index is 0.0601. The van der Waals surface area contributed by atoms with Crippen molar-refractivity contribution in [2.45, 2.75) is 37.3 Å². The first kappa shape index (κ1) is 24.0. The number of aliphatic hydroxyl groups excluding tert-OH is 1. The molecule has 4 N–H and O–H groups in total. The zero-order valence-electron chi connectivity index (χ0n) is 18.3. The smallest absolute Gasteiger partial charge is 0.248 e. The van der Waals surface area contributed by atoms with Gasteiger partial charge < -0.3 is 10.4 Å². The van der Waals surface area contributed by atoms with E-state index in [1.165, 1.54) is 23.9 Å². The molecule has 1 aliphatic heterocycles. The molecule has 1 fully saturated rings. The van der Waals surface area contributed by atoms with Gasteiger partial charge in [-0.2, -0.15) is 0 Å². The van der Waals surface area contributed by atoms with Crippen molar-refractivity contribution >= 4 is 33.5 Å². The number of sulfonamides is 1. The first-order chi connectivity index (χ1) is 16.2. The van der Waals surface area contributed by atoms with E-state index in [-0.39, 0.29) is 18.4 Å². The summed E-state index contributed by atoms with van der Waals surface area (Å²) in [4.78, 5) is 20.9. The Kier molecular flexibility index (Phi) is 6.79. The van der Waals surface area contributed by atoms with Crippen molar-refractivity contribution in [3.8, 4) is 11.4 Å². The molecular weight excluding hydrogens is 484 g/mol. The molecule has 0 radical (unpaired) electrons. The maximum absolute atomic E-state index is 13.3. The van der Waals surface area contributed by atoms with Gasteiger partial charge in [-0.15, -0.1) is 10.2 Å². The number of aliphatic hydroxyl groups is 1. The summed E-state index contributed by atoms with van der Waals surface area (Å²) in [5, 5.41) is 23.4. The van der Waals surface area contributed by atoms with E-state index < -0.39 is 39.4 Å². The molecule has 4 atom stereocenters. The van der Waals surface area contributed by atoms with E-state index in [0.717, 1.165) is 0 Å². The number of carbonyl (C=O) groups is 1. The fourth-order valence-electron chi connectivity index (χ4n) is 3.56. The van der Waals surface area contributed by atoms with E-state index in [1.54, 1.807) is 37.4 Å². The Bertz CT molecular complexity index is 1270. The molecule has 4 heterocycles. The summed E-state index contributed by atoms with van der Waals surface area (Å²) in [5.41, 5.74) is 1.03. The van der Waals surface area contributed by atoms with Gasteiger partial charge in [0.25, 0.3) is 0 Å². The van der Waals surface area contributed by atoms with Crippen molar-refractivity contribution < 1.29 is 18.3 Å². The third-order valence-electron chi connectivity index (χ3n) is 5.68. The first-order valence-electron chi connectivity index (χ1n) is 10.4. The first-order valence-corrected chi connectivity index (χ1v) is 12.3. The van der Waals surface area contributed by atoms with Gasteiger partial charge in [0.1, 0.15) is 6.23 Å². The van der Waals surface area contributed by atoms with Crippen LogP contribution in [0.15, 0.2) is 42.9 Å². The molecule has 3 aromatic rings. The van der Waals surface area contributed by atoms with Crippen LogP contribution in [-0.2, 0) is 14.8 Å². The monoisotopic (exact) mass is 506 g/mol. The van der Waals surface area contributed by atoms with Crippen molar-refractivity contribution in [1.82, 2.24) is 35.4 Å². The van der Waals surface area contributed by atoms with Crippen LogP contribution in [0.1, 0.15) is 31.5 Å². The highest BCUT2D eigenvalue weighted by Crippen LogP contribution is 2.30. The molecule has 0 aromatic carbocycles. The van der Waals surface area contributed by atoms with Gasteiger partial charge in [0.2, 0.25) is 21.9 Å². The minimum Gasteiger partial charge on any atom is -0.376 e. The lowest BCUT2D eigenvalue weighted by Gasteiger charge is -2.31. The summed E-state index contributed by atoms with van der Waals surface area (Å²) in [6.07, 6.45) is 3.20. The van der Waals surface area contributed by atoms with E-state index in [2.05, 4.69) is 35.5 Å². The predicted molar refractivity (Wildman–Crippen MR) is 124 cm³/mol. The van der Waals surface area contributed by atoms with E-state index in [0.29, 0.717) is 16.3 Å². The predicted octanol–water partition coefficient (Wildman–Crippen LogP) is 0.859. The molecule has 2 unspecified atom stereocenters. The molecule has 3 aromatic heterocycles. The largest absolute Gasteiger partial charge is 0.376 e. The highest BCUT2D eigenvalue weighted by atomic mass is 35.5. The number of pyridine rings is 2. The lowest BCUT2D eigenvalue weighted by Crippen LogP contribution is -2.55. The molecule has 1 amide bonds. The Morgan fingerprint density at radius 1 is 1.24 bits per heavy atom. The van der Waals surface area contributed by atoms with Crippen LogP contribution < -0.4 is 15.4 Å². The molecule has 1 aliphatic rings. The Morgan fingerprint density at radius 2 is 2.03 bits per heavy atom. The molecular formula is C20H23ClN8O4S. The SMILES string of the molecule is C[C@H](c1ccc(Cl)cn1)[C@H](C)S(=O)(=O)Nc1nnc(-c2cccnc2)n1C1C(=O)NCNC1O. The number of rotatable bonds is 7. The second-order valence-corrected chi connectivity index (χ2v) is 10.3. The average Bonchev–Trinajstić information content (AvgIpc) is 3.21. The molecule has 1 saturated heterocycles. The van der Waals surface area contributed by atoms with Crippen molar-refractivity contribution in [3.63, 3.8) is 0 Å². The Hall–Kier alpha value is -3.13. The zero-order chi connectivity index (χ0) is 24.5. The normalized spacial score (nSPS) is 20.4. The third-order valence-corrected chi connectivity index (χ3v) is 7.76.